The lowest BCUT2D eigenvalue weighted by atomic mass is 9.71. The number of esters is 1. The van der Waals surface area contributed by atoms with Crippen molar-refractivity contribution in [2.75, 3.05) is 18.5 Å². The molecule has 0 saturated carbocycles. The van der Waals surface area contributed by atoms with E-state index in [0.717, 1.165) is 48.9 Å². The van der Waals surface area contributed by atoms with Crippen LogP contribution in [-0.2, 0) is 17.6 Å². The summed E-state index contributed by atoms with van der Waals surface area (Å²) < 4.78 is 5.25. The molecule has 0 amide bonds. The van der Waals surface area contributed by atoms with Crippen molar-refractivity contribution in [3.8, 4) is 0 Å². The van der Waals surface area contributed by atoms with E-state index in [2.05, 4.69) is 44.1 Å². The van der Waals surface area contributed by atoms with Crippen molar-refractivity contribution in [2.24, 2.45) is 11.3 Å². The maximum Gasteiger partial charge on any atom is 0.357 e. The van der Waals surface area contributed by atoms with Gasteiger partial charge in [-0.25, -0.2) is 9.78 Å². The van der Waals surface area contributed by atoms with E-state index in [4.69, 9.17) is 9.72 Å². The van der Waals surface area contributed by atoms with E-state index in [9.17, 15) is 4.79 Å². The lowest BCUT2D eigenvalue weighted by Gasteiger charge is -2.34. The van der Waals surface area contributed by atoms with E-state index in [1.807, 2.05) is 6.92 Å². The number of unbranched alkanes of at least 4 members (excludes halogenated alkanes) is 1. The second-order valence-electron chi connectivity index (χ2n) is 8.67. The monoisotopic (exact) mass is 371 g/mol. The Labute approximate surface area is 162 Å². The first-order valence-electron chi connectivity index (χ1n) is 10.3. The van der Waals surface area contributed by atoms with Crippen molar-refractivity contribution in [1.82, 2.24) is 9.97 Å². The summed E-state index contributed by atoms with van der Waals surface area (Å²) in [5.41, 5.74) is 5.85. The molecule has 1 aliphatic rings. The van der Waals surface area contributed by atoms with Crippen LogP contribution in [0.25, 0.3) is 11.0 Å². The number of anilines is 1. The minimum absolute atomic E-state index is 0.297. The molecular formula is C22H33N3O2. The third kappa shape index (κ3) is 4.12. The van der Waals surface area contributed by atoms with Gasteiger partial charge in [0.25, 0.3) is 0 Å². The van der Waals surface area contributed by atoms with Gasteiger partial charge in [0.15, 0.2) is 5.69 Å². The fourth-order valence-corrected chi connectivity index (χ4v) is 3.92. The van der Waals surface area contributed by atoms with E-state index in [1.165, 1.54) is 17.7 Å². The molecule has 5 nitrogen and oxygen atoms in total. The average molecular weight is 372 g/mol. The summed E-state index contributed by atoms with van der Waals surface area (Å²) in [7, 11) is 0. The van der Waals surface area contributed by atoms with Gasteiger partial charge in [-0.3, -0.25) is 0 Å². The number of hydrogen-bond donors (Lipinski definition) is 2. The Balaban J connectivity index is 2.01. The number of aryl methyl sites for hydroxylation is 1. The van der Waals surface area contributed by atoms with Crippen LogP contribution in [0.1, 0.15) is 75.6 Å². The van der Waals surface area contributed by atoms with Crippen LogP contribution in [0.15, 0.2) is 6.07 Å². The molecule has 2 aromatic heterocycles. The van der Waals surface area contributed by atoms with Crippen molar-refractivity contribution in [1.29, 1.82) is 0 Å². The lowest BCUT2D eigenvalue weighted by molar-refractivity contribution is 0.0521. The van der Waals surface area contributed by atoms with Crippen LogP contribution in [0.4, 0.5) is 5.69 Å². The number of ether oxygens (including phenoxy) is 1. The van der Waals surface area contributed by atoms with Crippen LogP contribution in [-0.4, -0.2) is 29.1 Å². The molecule has 0 spiro atoms. The van der Waals surface area contributed by atoms with Crippen molar-refractivity contribution in [3.63, 3.8) is 0 Å². The molecule has 27 heavy (non-hydrogen) atoms. The molecule has 5 heteroatoms. The van der Waals surface area contributed by atoms with Crippen molar-refractivity contribution in [3.05, 3.63) is 23.0 Å². The van der Waals surface area contributed by atoms with Gasteiger partial charge >= 0.3 is 5.97 Å². The van der Waals surface area contributed by atoms with Gasteiger partial charge in [0.05, 0.1) is 17.8 Å². The van der Waals surface area contributed by atoms with E-state index >= 15 is 0 Å². The van der Waals surface area contributed by atoms with Gasteiger partial charge in [-0.05, 0) is 55.6 Å². The highest BCUT2D eigenvalue weighted by molar-refractivity contribution is 6.04. The zero-order valence-corrected chi connectivity index (χ0v) is 17.4. The number of aromatic amines is 1. The summed E-state index contributed by atoms with van der Waals surface area (Å²) in [5, 5.41) is 3.42. The minimum Gasteiger partial charge on any atom is -0.461 e. The molecule has 1 unspecified atom stereocenters. The van der Waals surface area contributed by atoms with Gasteiger partial charge in [-0.2, -0.15) is 0 Å². The second kappa shape index (κ2) is 7.91. The summed E-state index contributed by atoms with van der Waals surface area (Å²) in [6, 6.07) is 2.20. The van der Waals surface area contributed by atoms with E-state index in [1.54, 1.807) is 0 Å². The van der Waals surface area contributed by atoms with Gasteiger partial charge < -0.3 is 15.0 Å². The summed E-state index contributed by atoms with van der Waals surface area (Å²) in [6.07, 6.45) is 5.37. The first-order valence-corrected chi connectivity index (χ1v) is 10.3. The zero-order valence-electron chi connectivity index (χ0n) is 17.4. The maximum atomic E-state index is 12.5. The van der Waals surface area contributed by atoms with Gasteiger partial charge in [-0.1, -0.05) is 34.1 Å². The van der Waals surface area contributed by atoms with Crippen LogP contribution in [0.3, 0.4) is 0 Å². The molecule has 2 aromatic rings. The molecular weight excluding hydrogens is 338 g/mol. The molecule has 2 N–H and O–H groups in total. The quantitative estimate of drug-likeness (QED) is 0.547. The number of fused-ring (bicyclic) bond motifs is 2. The van der Waals surface area contributed by atoms with Crippen molar-refractivity contribution in [2.45, 2.75) is 66.7 Å². The molecule has 0 aliphatic heterocycles. The van der Waals surface area contributed by atoms with Crippen molar-refractivity contribution < 1.29 is 9.53 Å². The Hall–Kier alpha value is -2.04. The number of H-pyrrole nitrogens is 1. The largest absolute Gasteiger partial charge is 0.461 e. The topological polar surface area (TPSA) is 67.0 Å². The number of nitrogens with one attached hydrogen (secondary N) is 2. The van der Waals surface area contributed by atoms with Crippen LogP contribution in [0, 0.1) is 11.3 Å². The first kappa shape index (κ1) is 19.7. The molecule has 0 fully saturated rings. The summed E-state index contributed by atoms with van der Waals surface area (Å²) in [5.74, 6) is 0.339. The average Bonchev–Trinajstić information content (AvgIpc) is 2.97. The molecule has 0 saturated heterocycles. The predicted molar refractivity (Wildman–Crippen MR) is 110 cm³/mol. The zero-order chi connectivity index (χ0) is 19.6. The van der Waals surface area contributed by atoms with E-state index in [-0.39, 0.29) is 5.97 Å². The van der Waals surface area contributed by atoms with Crippen molar-refractivity contribution >= 4 is 22.7 Å². The Kier molecular flexibility index (Phi) is 5.78. The standard InChI is InChI=1S/C22H33N3O2/c1-6-8-11-23-19-18-17(25-20(19)21(26)27-7-2)13-14-12-15(22(3,4)5)9-10-16(14)24-18/h13,15,23,25H,6-12H2,1-5H3. The number of aromatic nitrogens is 2. The van der Waals surface area contributed by atoms with E-state index < -0.39 is 0 Å². The molecule has 148 valence electrons. The third-order valence-corrected chi connectivity index (χ3v) is 5.67. The number of hydrogen-bond acceptors (Lipinski definition) is 4. The molecule has 1 aliphatic carbocycles. The van der Waals surface area contributed by atoms with Gasteiger partial charge in [0.1, 0.15) is 5.52 Å². The molecule has 1 atom stereocenters. The summed E-state index contributed by atoms with van der Waals surface area (Å²) in [6.45, 7) is 12.1. The van der Waals surface area contributed by atoms with Gasteiger partial charge in [0, 0.05) is 12.2 Å². The van der Waals surface area contributed by atoms with Gasteiger partial charge in [0.2, 0.25) is 0 Å². The van der Waals surface area contributed by atoms with Crippen LogP contribution in [0.5, 0.6) is 0 Å². The van der Waals surface area contributed by atoms with Gasteiger partial charge in [-0.15, -0.1) is 0 Å². The number of pyridine rings is 1. The minimum atomic E-state index is -0.319. The number of nitrogens with zero attached hydrogens (tertiary/aromatic N) is 1. The molecule has 0 bridgehead atoms. The Morgan fingerprint density at radius 1 is 1.37 bits per heavy atom. The highest BCUT2D eigenvalue weighted by Gasteiger charge is 2.30. The molecule has 3 rings (SSSR count). The molecule has 2 heterocycles. The van der Waals surface area contributed by atoms with Crippen LogP contribution in [0.2, 0.25) is 0 Å². The molecule has 0 radical (unpaired) electrons. The third-order valence-electron chi connectivity index (χ3n) is 5.67. The smallest absolute Gasteiger partial charge is 0.357 e. The van der Waals surface area contributed by atoms with Crippen LogP contribution < -0.4 is 5.32 Å². The maximum absolute atomic E-state index is 12.5. The summed E-state index contributed by atoms with van der Waals surface area (Å²) in [4.78, 5) is 20.7. The Morgan fingerprint density at radius 3 is 2.81 bits per heavy atom. The highest BCUT2D eigenvalue weighted by Crippen LogP contribution is 2.38. The fraction of sp³-hybridized carbons (Fsp3) is 0.636. The molecule has 0 aromatic carbocycles. The number of carbonyl (C=O) groups excluding carboxylic acids is 1. The predicted octanol–water partition coefficient (Wildman–Crippen LogP) is 5.10. The number of rotatable bonds is 6. The van der Waals surface area contributed by atoms with E-state index in [0.29, 0.717) is 23.6 Å². The summed E-state index contributed by atoms with van der Waals surface area (Å²) >= 11 is 0. The lowest BCUT2D eigenvalue weighted by Crippen LogP contribution is -2.27. The van der Waals surface area contributed by atoms with Crippen LogP contribution >= 0.6 is 0 Å². The highest BCUT2D eigenvalue weighted by atomic mass is 16.5. The second-order valence-corrected chi connectivity index (χ2v) is 8.67. The Bertz CT molecular complexity index is 817. The normalized spacial score (nSPS) is 17.0. The fourth-order valence-electron chi connectivity index (χ4n) is 3.92. The first-order chi connectivity index (χ1) is 12.8. The Morgan fingerprint density at radius 2 is 2.15 bits per heavy atom. The number of carbonyl (C=O) groups is 1. The SMILES string of the molecule is CCCCNc1c(C(=O)OCC)[nH]c2cc3c(nc12)CCC(C(C)(C)C)C3.